The molecule has 1 amide bonds. The molecule has 0 aromatic heterocycles. The maximum Gasteiger partial charge on any atom is 0.224 e. The molecule has 1 aliphatic rings. The fourth-order valence-electron chi connectivity index (χ4n) is 3.09. The largest absolute Gasteiger partial charge is 0.496 e. The molecule has 2 rings (SSSR count). The average Bonchev–Trinajstić information content (AvgIpc) is 2.48. The van der Waals surface area contributed by atoms with Crippen molar-refractivity contribution >= 4 is 5.91 Å². The highest BCUT2D eigenvalue weighted by Crippen LogP contribution is 2.25. The van der Waals surface area contributed by atoms with Gasteiger partial charge in [0.2, 0.25) is 5.91 Å². The van der Waals surface area contributed by atoms with Crippen LogP contribution in [0.3, 0.4) is 0 Å². The summed E-state index contributed by atoms with van der Waals surface area (Å²) in [6, 6.07) is 5.97. The Labute approximate surface area is 126 Å². The second kappa shape index (κ2) is 7.46. The molecular formula is C17H25NO3. The number of aliphatic hydroxyl groups is 1. The van der Waals surface area contributed by atoms with E-state index < -0.39 is 0 Å². The first kappa shape index (κ1) is 15.8. The molecule has 2 N–H and O–H groups in total. The lowest BCUT2D eigenvalue weighted by Crippen LogP contribution is -2.44. The normalized spacial score (nSPS) is 21.9. The second-order valence-electron chi connectivity index (χ2n) is 5.89. The van der Waals surface area contributed by atoms with Gasteiger partial charge in [0, 0.05) is 24.1 Å². The Morgan fingerprint density at radius 3 is 2.86 bits per heavy atom. The molecule has 2 unspecified atom stereocenters. The van der Waals surface area contributed by atoms with Gasteiger partial charge in [-0.05, 0) is 25.8 Å². The molecule has 4 heteroatoms. The number of hydrogen-bond acceptors (Lipinski definition) is 3. The number of nitrogens with one attached hydrogen (secondary N) is 1. The van der Waals surface area contributed by atoms with Gasteiger partial charge in [0.25, 0.3) is 0 Å². The monoisotopic (exact) mass is 291 g/mol. The molecule has 1 aromatic carbocycles. The molecule has 0 saturated heterocycles. The van der Waals surface area contributed by atoms with Gasteiger partial charge >= 0.3 is 0 Å². The van der Waals surface area contributed by atoms with Gasteiger partial charge in [-0.2, -0.15) is 0 Å². The average molecular weight is 291 g/mol. The fraction of sp³-hybridized carbons (Fsp3) is 0.588. The van der Waals surface area contributed by atoms with Crippen LogP contribution >= 0.6 is 0 Å². The van der Waals surface area contributed by atoms with Gasteiger partial charge in [0.15, 0.2) is 0 Å². The molecule has 1 fully saturated rings. The summed E-state index contributed by atoms with van der Waals surface area (Å²) in [6.07, 6.45) is 4.54. The van der Waals surface area contributed by atoms with Crippen LogP contribution < -0.4 is 10.1 Å². The Morgan fingerprint density at radius 2 is 2.14 bits per heavy atom. The third-order valence-corrected chi connectivity index (χ3v) is 4.28. The number of benzene rings is 1. The number of ether oxygens (including phenoxy) is 1. The van der Waals surface area contributed by atoms with Crippen LogP contribution in [0.5, 0.6) is 5.75 Å². The Bertz CT molecular complexity index is 487. The second-order valence-corrected chi connectivity index (χ2v) is 5.89. The summed E-state index contributed by atoms with van der Waals surface area (Å²) in [5, 5.41) is 12.5. The zero-order valence-electron chi connectivity index (χ0n) is 12.9. The van der Waals surface area contributed by atoms with Crippen molar-refractivity contribution in [2.45, 2.75) is 45.1 Å². The van der Waals surface area contributed by atoms with E-state index in [2.05, 4.69) is 5.32 Å². The topological polar surface area (TPSA) is 58.6 Å². The number of aryl methyl sites for hydroxylation is 1. The highest BCUT2D eigenvalue weighted by atomic mass is 16.5. The van der Waals surface area contributed by atoms with Crippen molar-refractivity contribution in [2.75, 3.05) is 13.7 Å². The summed E-state index contributed by atoms with van der Waals surface area (Å²) < 4.78 is 5.31. The Hall–Kier alpha value is -1.55. The summed E-state index contributed by atoms with van der Waals surface area (Å²) in [5.41, 5.74) is 2.02. The molecule has 0 bridgehead atoms. The third kappa shape index (κ3) is 4.21. The maximum absolute atomic E-state index is 12.3. The molecule has 4 nitrogen and oxygen atoms in total. The van der Waals surface area contributed by atoms with Gasteiger partial charge in [0.1, 0.15) is 5.75 Å². The minimum Gasteiger partial charge on any atom is -0.496 e. The Kier molecular flexibility index (Phi) is 5.62. The summed E-state index contributed by atoms with van der Waals surface area (Å²) in [4.78, 5) is 12.3. The van der Waals surface area contributed by atoms with Crippen LogP contribution in [-0.4, -0.2) is 30.8 Å². The smallest absolute Gasteiger partial charge is 0.224 e. The van der Waals surface area contributed by atoms with E-state index in [1.807, 2.05) is 25.1 Å². The van der Waals surface area contributed by atoms with Gasteiger partial charge in [-0.1, -0.05) is 30.5 Å². The van der Waals surface area contributed by atoms with Gasteiger partial charge in [-0.25, -0.2) is 0 Å². The van der Waals surface area contributed by atoms with E-state index in [0.717, 1.165) is 42.6 Å². The van der Waals surface area contributed by atoms with Crippen molar-refractivity contribution < 1.29 is 14.6 Å². The molecule has 116 valence electrons. The van der Waals surface area contributed by atoms with Crippen molar-refractivity contribution in [3.05, 3.63) is 29.3 Å². The zero-order chi connectivity index (χ0) is 15.2. The standard InChI is InChI=1S/C17H25NO3/c1-12-7-8-16(21-2)14(9-12)10-17(20)18-15-6-4-3-5-13(15)11-19/h7-9,13,15,19H,3-6,10-11H2,1-2H3,(H,18,20). The van der Waals surface area contributed by atoms with Gasteiger partial charge in [0.05, 0.1) is 13.5 Å². The Morgan fingerprint density at radius 1 is 1.38 bits per heavy atom. The molecule has 1 aromatic rings. The highest BCUT2D eigenvalue weighted by Gasteiger charge is 2.25. The minimum atomic E-state index is 0.00394. The number of amides is 1. The lowest BCUT2D eigenvalue weighted by molar-refractivity contribution is -0.121. The van der Waals surface area contributed by atoms with E-state index in [-0.39, 0.29) is 24.5 Å². The van der Waals surface area contributed by atoms with Crippen molar-refractivity contribution in [1.29, 1.82) is 0 Å². The first-order chi connectivity index (χ1) is 10.1. The summed E-state index contributed by atoms with van der Waals surface area (Å²) in [7, 11) is 1.62. The first-order valence-electron chi connectivity index (χ1n) is 7.67. The highest BCUT2D eigenvalue weighted by molar-refractivity contribution is 5.79. The number of carbonyl (C=O) groups is 1. The van der Waals surface area contributed by atoms with E-state index in [4.69, 9.17) is 4.74 Å². The van der Waals surface area contributed by atoms with Gasteiger partial charge in [-0.3, -0.25) is 4.79 Å². The molecule has 1 saturated carbocycles. The molecule has 0 radical (unpaired) electrons. The number of aliphatic hydroxyl groups excluding tert-OH is 1. The maximum atomic E-state index is 12.3. The quantitative estimate of drug-likeness (QED) is 0.874. The molecular weight excluding hydrogens is 266 g/mol. The number of rotatable bonds is 5. The molecule has 2 atom stereocenters. The van der Waals surface area contributed by atoms with Crippen LogP contribution in [-0.2, 0) is 11.2 Å². The predicted molar refractivity (Wildman–Crippen MR) is 82.4 cm³/mol. The van der Waals surface area contributed by atoms with Crippen LogP contribution in [0.25, 0.3) is 0 Å². The third-order valence-electron chi connectivity index (χ3n) is 4.28. The van der Waals surface area contributed by atoms with Crippen LogP contribution in [0.4, 0.5) is 0 Å². The Balaban J connectivity index is 1.99. The summed E-state index contributed by atoms with van der Waals surface area (Å²) >= 11 is 0. The molecule has 0 aliphatic heterocycles. The number of methoxy groups -OCH3 is 1. The number of carbonyl (C=O) groups excluding carboxylic acids is 1. The van der Waals surface area contributed by atoms with E-state index >= 15 is 0 Å². The lowest BCUT2D eigenvalue weighted by atomic mass is 9.85. The van der Waals surface area contributed by atoms with E-state index in [9.17, 15) is 9.90 Å². The van der Waals surface area contributed by atoms with E-state index in [1.165, 1.54) is 0 Å². The fourth-order valence-corrected chi connectivity index (χ4v) is 3.09. The summed E-state index contributed by atoms with van der Waals surface area (Å²) in [5.74, 6) is 0.949. The van der Waals surface area contributed by atoms with Crippen LogP contribution in [0.15, 0.2) is 18.2 Å². The molecule has 0 spiro atoms. The predicted octanol–water partition coefficient (Wildman–Crippen LogP) is 2.21. The van der Waals surface area contributed by atoms with Gasteiger partial charge in [-0.15, -0.1) is 0 Å². The zero-order valence-corrected chi connectivity index (χ0v) is 12.9. The van der Waals surface area contributed by atoms with Crippen LogP contribution in [0.2, 0.25) is 0 Å². The SMILES string of the molecule is COc1ccc(C)cc1CC(=O)NC1CCCCC1CO. The first-order valence-corrected chi connectivity index (χ1v) is 7.67. The van der Waals surface area contributed by atoms with Crippen molar-refractivity contribution in [3.8, 4) is 5.75 Å². The van der Waals surface area contributed by atoms with Crippen molar-refractivity contribution in [3.63, 3.8) is 0 Å². The van der Waals surface area contributed by atoms with Gasteiger partial charge < -0.3 is 15.2 Å². The van der Waals surface area contributed by atoms with Crippen molar-refractivity contribution in [2.24, 2.45) is 5.92 Å². The summed E-state index contributed by atoms with van der Waals surface area (Å²) in [6.45, 7) is 2.16. The molecule has 21 heavy (non-hydrogen) atoms. The minimum absolute atomic E-state index is 0.00394. The molecule has 0 heterocycles. The van der Waals surface area contributed by atoms with E-state index in [1.54, 1.807) is 7.11 Å². The van der Waals surface area contributed by atoms with Crippen LogP contribution in [0.1, 0.15) is 36.8 Å². The van der Waals surface area contributed by atoms with Crippen LogP contribution in [0, 0.1) is 12.8 Å². The molecule has 1 aliphatic carbocycles. The van der Waals surface area contributed by atoms with E-state index in [0.29, 0.717) is 6.42 Å². The number of hydrogen-bond donors (Lipinski definition) is 2. The van der Waals surface area contributed by atoms with Crippen molar-refractivity contribution in [1.82, 2.24) is 5.32 Å². The lowest BCUT2D eigenvalue weighted by Gasteiger charge is -2.31.